The molecule has 2 aromatic heterocycles. The van der Waals surface area contributed by atoms with Gasteiger partial charge in [0.15, 0.2) is 5.96 Å². The lowest BCUT2D eigenvalue weighted by Gasteiger charge is -2.14. The van der Waals surface area contributed by atoms with E-state index in [-0.39, 0.29) is 24.0 Å². The first-order valence-electron chi connectivity index (χ1n) is 10.3. The number of guanidine groups is 1. The SMILES string of the molecule is CN=C(NCCc1c[nH]c2cc(C)ccc12)NCc1ccccc1Cn1cccn1.I. The molecule has 0 radical (unpaired) electrons. The summed E-state index contributed by atoms with van der Waals surface area (Å²) < 4.78 is 1.94. The van der Waals surface area contributed by atoms with E-state index in [1.807, 2.05) is 23.1 Å². The van der Waals surface area contributed by atoms with E-state index >= 15 is 0 Å². The highest BCUT2D eigenvalue weighted by Gasteiger charge is 2.06. The number of rotatable bonds is 7. The summed E-state index contributed by atoms with van der Waals surface area (Å²) in [5, 5.41) is 12.5. The van der Waals surface area contributed by atoms with E-state index < -0.39 is 0 Å². The maximum absolute atomic E-state index is 4.37. The standard InChI is InChI=1S/C24H28N6.HI/c1-18-8-9-22-20(16-27-23(22)14-18)10-12-26-24(25-2)28-15-19-6-3-4-7-21(19)17-30-13-5-11-29-30;/h3-9,11,13-14,16,27H,10,12,15,17H2,1-2H3,(H2,25,26,28);1H. The van der Waals surface area contributed by atoms with Crippen molar-refractivity contribution in [1.29, 1.82) is 0 Å². The molecule has 4 rings (SSSR count). The minimum atomic E-state index is 0. The van der Waals surface area contributed by atoms with Crippen molar-refractivity contribution in [2.45, 2.75) is 26.4 Å². The Bertz CT molecular complexity index is 1130. The van der Waals surface area contributed by atoms with Gasteiger partial charge in [0.05, 0.1) is 6.54 Å². The summed E-state index contributed by atoms with van der Waals surface area (Å²) in [7, 11) is 1.81. The Hall–Kier alpha value is -2.81. The number of fused-ring (bicyclic) bond motifs is 1. The van der Waals surface area contributed by atoms with Crippen LogP contribution < -0.4 is 10.6 Å². The van der Waals surface area contributed by atoms with Crippen LogP contribution in [-0.4, -0.2) is 34.3 Å². The topological polar surface area (TPSA) is 70.0 Å². The van der Waals surface area contributed by atoms with Crippen LogP contribution >= 0.6 is 24.0 Å². The fraction of sp³-hybridized carbons (Fsp3) is 0.250. The second-order valence-electron chi connectivity index (χ2n) is 7.44. The van der Waals surface area contributed by atoms with Crippen molar-refractivity contribution < 1.29 is 0 Å². The van der Waals surface area contributed by atoms with Crippen LogP contribution in [0.5, 0.6) is 0 Å². The van der Waals surface area contributed by atoms with Gasteiger partial charge in [0, 0.05) is 49.6 Å². The Morgan fingerprint density at radius 2 is 1.90 bits per heavy atom. The first kappa shape index (κ1) is 22.9. The molecule has 0 amide bonds. The second-order valence-corrected chi connectivity index (χ2v) is 7.44. The third-order valence-corrected chi connectivity index (χ3v) is 5.29. The normalized spacial score (nSPS) is 11.4. The third-order valence-electron chi connectivity index (χ3n) is 5.29. The molecule has 0 saturated heterocycles. The van der Waals surface area contributed by atoms with Crippen LogP contribution in [0.15, 0.2) is 72.1 Å². The summed E-state index contributed by atoms with van der Waals surface area (Å²) in [5.41, 5.74) is 6.27. The van der Waals surface area contributed by atoms with Crippen molar-refractivity contribution in [3.8, 4) is 0 Å². The fourth-order valence-electron chi connectivity index (χ4n) is 3.67. The number of nitrogens with zero attached hydrogens (tertiary/aromatic N) is 3. The summed E-state index contributed by atoms with van der Waals surface area (Å²) in [5.74, 6) is 0.805. The number of aromatic nitrogens is 3. The highest BCUT2D eigenvalue weighted by molar-refractivity contribution is 14.0. The summed E-state index contributed by atoms with van der Waals surface area (Å²) >= 11 is 0. The minimum absolute atomic E-state index is 0. The number of nitrogens with one attached hydrogen (secondary N) is 3. The number of hydrogen-bond acceptors (Lipinski definition) is 2. The van der Waals surface area contributed by atoms with Gasteiger partial charge in [0.2, 0.25) is 0 Å². The van der Waals surface area contributed by atoms with Crippen molar-refractivity contribution in [1.82, 2.24) is 25.4 Å². The zero-order valence-corrected chi connectivity index (χ0v) is 20.3. The average Bonchev–Trinajstić information content (AvgIpc) is 3.41. The Balaban J connectivity index is 0.00000272. The van der Waals surface area contributed by atoms with Crippen molar-refractivity contribution in [2.75, 3.05) is 13.6 Å². The van der Waals surface area contributed by atoms with Gasteiger partial charge in [-0.1, -0.05) is 36.4 Å². The number of benzene rings is 2. The van der Waals surface area contributed by atoms with Gasteiger partial charge in [-0.15, -0.1) is 24.0 Å². The van der Waals surface area contributed by atoms with Gasteiger partial charge in [-0.25, -0.2) is 0 Å². The molecule has 0 saturated carbocycles. The Morgan fingerprint density at radius 1 is 1.06 bits per heavy atom. The fourth-order valence-corrected chi connectivity index (χ4v) is 3.67. The number of aromatic amines is 1. The Morgan fingerprint density at radius 3 is 2.68 bits per heavy atom. The van der Waals surface area contributed by atoms with Crippen LogP contribution in [0.25, 0.3) is 10.9 Å². The number of aliphatic imine (C=N–C) groups is 1. The van der Waals surface area contributed by atoms with Crippen LogP contribution in [0.1, 0.15) is 22.3 Å². The summed E-state index contributed by atoms with van der Waals surface area (Å²) in [6, 6.07) is 16.9. The van der Waals surface area contributed by atoms with Crippen LogP contribution in [0.2, 0.25) is 0 Å². The van der Waals surface area contributed by atoms with E-state index in [1.54, 1.807) is 7.05 Å². The van der Waals surface area contributed by atoms with Gasteiger partial charge in [-0.3, -0.25) is 9.67 Å². The maximum atomic E-state index is 4.37. The van der Waals surface area contributed by atoms with E-state index in [0.717, 1.165) is 25.5 Å². The smallest absolute Gasteiger partial charge is 0.191 e. The van der Waals surface area contributed by atoms with E-state index in [9.17, 15) is 0 Å². The molecule has 7 heteroatoms. The molecule has 4 aromatic rings. The molecule has 0 unspecified atom stereocenters. The predicted molar refractivity (Wildman–Crippen MR) is 138 cm³/mol. The summed E-state index contributed by atoms with van der Waals surface area (Å²) in [6.07, 6.45) is 6.82. The van der Waals surface area contributed by atoms with Crippen LogP contribution in [0, 0.1) is 6.92 Å². The van der Waals surface area contributed by atoms with Crippen LogP contribution in [-0.2, 0) is 19.5 Å². The quantitative estimate of drug-likeness (QED) is 0.191. The zero-order valence-electron chi connectivity index (χ0n) is 17.9. The minimum Gasteiger partial charge on any atom is -0.361 e. The first-order chi connectivity index (χ1) is 14.7. The summed E-state index contributed by atoms with van der Waals surface area (Å²) in [6.45, 7) is 4.40. The van der Waals surface area contributed by atoms with E-state index in [1.165, 1.54) is 33.2 Å². The second kappa shape index (κ2) is 11.0. The lowest BCUT2D eigenvalue weighted by atomic mass is 10.1. The number of aryl methyl sites for hydroxylation is 1. The van der Waals surface area contributed by atoms with Crippen LogP contribution in [0.3, 0.4) is 0 Å². The van der Waals surface area contributed by atoms with Gasteiger partial charge >= 0.3 is 0 Å². The van der Waals surface area contributed by atoms with Crippen LogP contribution in [0.4, 0.5) is 0 Å². The number of halogens is 1. The molecule has 2 heterocycles. The largest absolute Gasteiger partial charge is 0.361 e. The molecule has 3 N–H and O–H groups in total. The van der Waals surface area contributed by atoms with Crippen molar-refractivity contribution in [3.05, 3.63) is 89.4 Å². The molecule has 162 valence electrons. The van der Waals surface area contributed by atoms with Gasteiger partial charge < -0.3 is 15.6 Å². The maximum Gasteiger partial charge on any atom is 0.191 e. The van der Waals surface area contributed by atoms with Crippen molar-refractivity contribution in [2.24, 2.45) is 4.99 Å². The zero-order chi connectivity index (χ0) is 20.8. The van der Waals surface area contributed by atoms with E-state index in [0.29, 0.717) is 6.54 Å². The molecule has 0 aliphatic carbocycles. The lowest BCUT2D eigenvalue weighted by molar-refractivity contribution is 0.677. The molecule has 2 aromatic carbocycles. The van der Waals surface area contributed by atoms with E-state index in [4.69, 9.17) is 0 Å². The average molecular weight is 528 g/mol. The van der Waals surface area contributed by atoms with Gasteiger partial charge in [-0.05, 0) is 47.7 Å². The van der Waals surface area contributed by atoms with Crippen molar-refractivity contribution >= 4 is 40.8 Å². The first-order valence-corrected chi connectivity index (χ1v) is 10.3. The lowest BCUT2D eigenvalue weighted by Crippen LogP contribution is -2.38. The van der Waals surface area contributed by atoms with Gasteiger partial charge in [0.1, 0.15) is 0 Å². The molecular formula is C24H29IN6. The Labute approximate surface area is 200 Å². The number of hydrogen-bond donors (Lipinski definition) is 3. The molecular weight excluding hydrogens is 499 g/mol. The molecule has 0 fully saturated rings. The van der Waals surface area contributed by atoms with Crippen molar-refractivity contribution in [3.63, 3.8) is 0 Å². The molecule has 0 spiro atoms. The molecule has 0 atom stereocenters. The summed E-state index contributed by atoms with van der Waals surface area (Å²) in [4.78, 5) is 7.74. The van der Waals surface area contributed by atoms with Gasteiger partial charge in [-0.2, -0.15) is 5.10 Å². The molecule has 0 bridgehead atoms. The number of H-pyrrole nitrogens is 1. The van der Waals surface area contributed by atoms with Gasteiger partial charge in [0.25, 0.3) is 0 Å². The highest BCUT2D eigenvalue weighted by atomic mass is 127. The monoisotopic (exact) mass is 528 g/mol. The molecule has 6 nitrogen and oxygen atoms in total. The Kier molecular flexibility index (Phi) is 8.11. The third kappa shape index (κ3) is 5.88. The molecule has 0 aliphatic rings. The highest BCUT2D eigenvalue weighted by Crippen LogP contribution is 2.19. The molecule has 0 aliphatic heterocycles. The molecule has 31 heavy (non-hydrogen) atoms. The van der Waals surface area contributed by atoms with E-state index in [2.05, 4.69) is 81.3 Å². The predicted octanol–water partition coefficient (Wildman–Crippen LogP) is 4.25.